The van der Waals surface area contributed by atoms with Crippen molar-refractivity contribution < 1.29 is 14.7 Å². The molecule has 8 heteroatoms. The first-order valence-corrected chi connectivity index (χ1v) is 5.44. The molecule has 1 unspecified atom stereocenters. The highest BCUT2D eigenvalue weighted by atomic mass is 32.1. The molecule has 1 atom stereocenters. The standard InChI is InChI=1S/C9H14N4O3S/c14-8(1-2-12-17)13-7(9(15)16)3-6-4-10-5-11-6/h4-5,7,12,17H,1-3H2,(H,10,11)(H,13,14)(H,15,16). The van der Waals surface area contributed by atoms with E-state index in [1.165, 1.54) is 12.5 Å². The molecule has 7 nitrogen and oxygen atoms in total. The molecule has 1 amide bonds. The molecule has 1 rings (SSSR count). The van der Waals surface area contributed by atoms with Crippen molar-refractivity contribution in [2.75, 3.05) is 6.54 Å². The number of carboxylic acids is 1. The van der Waals surface area contributed by atoms with Crippen LogP contribution in [0.4, 0.5) is 0 Å². The van der Waals surface area contributed by atoms with E-state index in [0.717, 1.165) is 0 Å². The number of hydrogen-bond donors (Lipinski definition) is 5. The lowest BCUT2D eigenvalue weighted by molar-refractivity contribution is -0.141. The molecule has 0 radical (unpaired) electrons. The third-order valence-corrected chi connectivity index (χ3v) is 2.30. The van der Waals surface area contributed by atoms with E-state index < -0.39 is 12.0 Å². The Labute approximate surface area is 104 Å². The summed E-state index contributed by atoms with van der Waals surface area (Å²) in [6, 6.07) is -0.956. The van der Waals surface area contributed by atoms with Crippen LogP contribution in [-0.2, 0) is 16.0 Å². The van der Waals surface area contributed by atoms with E-state index >= 15 is 0 Å². The Kier molecular flexibility index (Phi) is 5.50. The Bertz CT molecular complexity index is 368. The first-order chi connectivity index (χ1) is 8.13. The van der Waals surface area contributed by atoms with Gasteiger partial charge in [0.15, 0.2) is 0 Å². The van der Waals surface area contributed by atoms with Crippen LogP contribution < -0.4 is 10.0 Å². The molecule has 0 saturated carbocycles. The number of thiol groups is 1. The van der Waals surface area contributed by atoms with Gasteiger partial charge in [-0.2, -0.15) is 0 Å². The maximum absolute atomic E-state index is 11.4. The second-order valence-electron chi connectivity index (χ2n) is 3.40. The summed E-state index contributed by atoms with van der Waals surface area (Å²) in [5.74, 6) is -1.41. The average molecular weight is 258 g/mol. The third-order valence-electron chi connectivity index (χ3n) is 2.08. The van der Waals surface area contributed by atoms with E-state index in [4.69, 9.17) is 5.11 Å². The molecule has 94 valence electrons. The largest absolute Gasteiger partial charge is 0.480 e. The Balaban J connectivity index is 2.49. The lowest BCUT2D eigenvalue weighted by Crippen LogP contribution is -2.42. The molecule has 17 heavy (non-hydrogen) atoms. The SMILES string of the molecule is O=C(CCNS)NC(Cc1cnc[nH]1)C(=O)O. The molecule has 0 fully saturated rings. The van der Waals surface area contributed by atoms with Crippen LogP contribution in [0.2, 0.25) is 0 Å². The predicted molar refractivity (Wildman–Crippen MR) is 63.5 cm³/mol. The highest BCUT2D eigenvalue weighted by molar-refractivity contribution is 7.78. The van der Waals surface area contributed by atoms with Gasteiger partial charge in [0, 0.05) is 31.3 Å². The zero-order chi connectivity index (χ0) is 12.7. The predicted octanol–water partition coefficient (Wildman–Crippen LogP) is -0.654. The maximum Gasteiger partial charge on any atom is 0.326 e. The van der Waals surface area contributed by atoms with Crippen LogP contribution in [0.15, 0.2) is 12.5 Å². The number of rotatable bonds is 7. The second-order valence-corrected chi connectivity index (χ2v) is 3.71. The number of amides is 1. The highest BCUT2D eigenvalue weighted by Crippen LogP contribution is 1.99. The summed E-state index contributed by atoms with van der Waals surface area (Å²) in [6.07, 6.45) is 3.34. The minimum Gasteiger partial charge on any atom is -0.480 e. The molecule has 0 aromatic carbocycles. The highest BCUT2D eigenvalue weighted by Gasteiger charge is 2.20. The minimum atomic E-state index is -1.08. The Morgan fingerprint density at radius 3 is 2.88 bits per heavy atom. The van der Waals surface area contributed by atoms with Crippen molar-refractivity contribution in [2.45, 2.75) is 18.9 Å². The van der Waals surface area contributed by atoms with E-state index in [0.29, 0.717) is 12.2 Å². The van der Waals surface area contributed by atoms with Gasteiger partial charge in [0.1, 0.15) is 6.04 Å². The van der Waals surface area contributed by atoms with Gasteiger partial charge < -0.3 is 15.4 Å². The number of nitrogens with zero attached hydrogens (tertiary/aromatic N) is 1. The number of nitrogens with one attached hydrogen (secondary N) is 3. The van der Waals surface area contributed by atoms with Gasteiger partial charge in [0.2, 0.25) is 5.91 Å². The first kappa shape index (κ1) is 13.5. The number of imidazole rings is 1. The fraction of sp³-hybridized carbons (Fsp3) is 0.444. The number of aliphatic carboxylic acids is 1. The van der Waals surface area contributed by atoms with Gasteiger partial charge >= 0.3 is 5.97 Å². The van der Waals surface area contributed by atoms with Crippen LogP contribution >= 0.6 is 12.8 Å². The molecule has 0 aliphatic heterocycles. The van der Waals surface area contributed by atoms with Gasteiger partial charge in [-0.3, -0.25) is 9.52 Å². The summed E-state index contributed by atoms with van der Waals surface area (Å²) in [4.78, 5) is 28.9. The number of H-pyrrole nitrogens is 1. The molecule has 0 aliphatic rings. The van der Waals surface area contributed by atoms with Crippen molar-refractivity contribution in [1.29, 1.82) is 0 Å². The van der Waals surface area contributed by atoms with E-state index in [1.807, 2.05) is 0 Å². The molecule has 0 saturated heterocycles. The smallest absolute Gasteiger partial charge is 0.326 e. The van der Waals surface area contributed by atoms with Crippen molar-refractivity contribution >= 4 is 24.7 Å². The first-order valence-electron chi connectivity index (χ1n) is 5.00. The van der Waals surface area contributed by atoms with Crippen molar-refractivity contribution in [1.82, 2.24) is 20.0 Å². The summed E-state index contributed by atoms with van der Waals surface area (Å²) in [5.41, 5.74) is 0.657. The van der Waals surface area contributed by atoms with Crippen LogP contribution in [0, 0.1) is 0 Å². The normalized spacial score (nSPS) is 12.1. The molecule has 4 N–H and O–H groups in total. The number of carboxylic acid groups (broad SMARTS) is 1. The van der Waals surface area contributed by atoms with Crippen LogP contribution in [0.5, 0.6) is 0 Å². The molecule has 1 aromatic heterocycles. The molecule has 1 heterocycles. The van der Waals surface area contributed by atoms with E-state index in [1.54, 1.807) is 0 Å². The van der Waals surface area contributed by atoms with Crippen molar-refractivity contribution in [2.24, 2.45) is 0 Å². The number of hydrogen-bond acceptors (Lipinski definition) is 5. The summed E-state index contributed by atoms with van der Waals surface area (Å²) in [5, 5.41) is 11.4. The Hall–Kier alpha value is -1.54. The van der Waals surface area contributed by atoms with Crippen LogP contribution in [0.25, 0.3) is 0 Å². The van der Waals surface area contributed by atoms with Crippen molar-refractivity contribution in [3.63, 3.8) is 0 Å². The molecule has 0 bridgehead atoms. The fourth-order valence-corrected chi connectivity index (χ4v) is 1.36. The van der Waals surface area contributed by atoms with E-state index in [2.05, 4.69) is 32.8 Å². The lowest BCUT2D eigenvalue weighted by Gasteiger charge is -2.13. The Morgan fingerprint density at radius 1 is 1.59 bits per heavy atom. The number of carbonyl (C=O) groups is 2. The second kappa shape index (κ2) is 6.92. The molecular formula is C9H14N4O3S. The van der Waals surface area contributed by atoms with Gasteiger partial charge in [0.05, 0.1) is 6.33 Å². The summed E-state index contributed by atoms with van der Waals surface area (Å²) in [6.45, 7) is 0.380. The molecule has 0 spiro atoms. The van der Waals surface area contributed by atoms with Crippen LogP contribution in [0.1, 0.15) is 12.1 Å². The third kappa shape index (κ3) is 4.87. The average Bonchev–Trinajstić information content (AvgIpc) is 2.78. The van der Waals surface area contributed by atoms with Gasteiger partial charge in [-0.25, -0.2) is 9.78 Å². The van der Waals surface area contributed by atoms with Gasteiger partial charge in [-0.05, 0) is 0 Å². The zero-order valence-corrected chi connectivity index (χ0v) is 9.91. The Morgan fingerprint density at radius 2 is 2.35 bits per heavy atom. The van der Waals surface area contributed by atoms with E-state index in [-0.39, 0.29) is 18.7 Å². The number of carbonyl (C=O) groups excluding carboxylic acids is 1. The topological polar surface area (TPSA) is 107 Å². The summed E-state index contributed by atoms with van der Waals surface area (Å²) in [7, 11) is 0. The summed E-state index contributed by atoms with van der Waals surface area (Å²) >= 11 is 3.74. The quantitative estimate of drug-likeness (QED) is 0.418. The van der Waals surface area contributed by atoms with Gasteiger partial charge in [-0.15, -0.1) is 0 Å². The monoisotopic (exact) mass is 258 g/mol. The zero-order valence-electron chi connectivity index (χ0n) is 9.01. The number of aromatic amines is 1. The fourth-order valence-electron chi connectivity index (χ4n) is 1.25. The molecular weight excluding hydrogens is 244 g/mol. The van der Waals surface area contributed by atoms with Crippen molar-refractivity contribution in [3.8, 4) is 0 Å². The lowest BCUT2D eigenvalue weighted by atomic mass is 10.1. The minimum absolute atomic E-state index is 0.176. The number of aromatic nitrogens is 2. The molecule has 0 aliphatic carbocycles. The van der Waals surface area contributed by atoms with E-state index in [9.17, 15) is 9.59 Å². The van der Waals surface area contributed by atoms with Gasteiger partial charge in [0.25, 0.3) is 0 Å². The van der Waals surface area contributed by atoms with Crippen LogP contribution in [0.3, 0.4) is 0 Å². The summed E-state index contributed by atoms with van der Waals surface area (Å²) < 4.78 is 2.52. The van der Waals surface area contributed by atoms with Gasteiger partial charge in [-0.1, -0.05) is 12.8 Å². The maximum atomic E-state index is 11.4. The van der Waals surface area contributed by atoms with Crippen LogP contribution in [-0.4, -0.2) is 39.5 Å². The molecule has 1 aromatic rings. The van der Waals surface area contributed by atoms with Crippen molar-refractivity contribution in [3.05, 3.63) is 18.2 Å².